The van der Waals surface area contributed by atoms with Crippen LogP contribution in [0.1, 0.15) is 59.8 Å². The first kappa shape index (κ1) is 30.7. The molecule has 0 saturated carbocycles. The van der Waals surface area contributed by atoms with E-state index in [0.29, 0.717) is 24.9 Å². The van der Waals surface area contributed by atoms with Gasteiger partial charge in [-0.2, -0.15) is 0 Å². The quantitative estimate of drug-likeness (QED) is 0.0809. The van der Waals surface area contributed by atoms with E-state index in [2.05, 4.69) is 71.9 Å². The molecule has 0 unspecified atom stereocenters. The second-order valence-corrected chi connectivity index (χ2v) is 19.5. The van der Waals surface area contributed by atoms with Crippen LogP contribution in [0.15, 0.2) is 28.9 Å². The topological polar surface area (TPSA) is 54.0 Å². The maximum atomic E-state index is 11.9. The summed E-state index contributed by atoms with van der Waals surface area (Å²) in [6.45, 7) is 21.9. The summed E-state index contributed by atoms with van der Waals surface area (Å²) < 4.78 is 23.5. The third kappa shape index (κ3) is 16.4. The summed E-state index contributed by atoms with van der Waals surface area (Å²) >= 11 is 0. The molecule has 0 amide bonds. The highest BCUT2D eigenvalue weighted by atomic mass is 28.4. The number of hydrogen-bond donors (Lipinski definition) is 0. The van der Waals surface area contributed by atoms with E-state index in [4.69, 9.17) is 18.3 Å². The highest BCUT2D eigenvalue weighted by Crippen LogP contribution is 2.27. The average Bonchev–Trinajstić information content (AvgIpc) is 2.61. The van der Waals surface area contributed by atoms with Crippen LogP contribution in [-0.2, 0) is 23.1 Å². The van der Waals surface area contributed by atoms with Crippen LogP contribution in [0, 0.1) is 5.92 Å². The predicted molar refractivity (Wildman–Crippen MR) is 139 cm³/mol. The number of hydrogen-bond acceptors (Lipinski definition) is 5. The lowest BCUT2D eigenvalue weighted by Gasteiger charge is -2.30. The van der Waals surface area contributed by atoms with E-state index in [1.807, 2.05) is 6.92 Å². The second kappa shape index (κ2) is 14.8. The minimum absolute atomic E-state index is 0.131. The number of allylic oxidation sites excluding steroid dienone is 2. The van der Waals surface area contributed by atoms with Crippen LogP contribution >= 0.6 is 0 Å². The number of methoxy groups -OCH3 is 1. The van der Waals surface area contributed by atoms with Gasteiger partial charge in [-0.1, -0.05) is 18.6 Å². The summed E-state index contributed by atoms with van der Waals surface area (Å²) in [4.78, 5) is 11.9. The maximum absolute atomic E-state index is 11.9. The average molecular weight is 485 g/mol. The zero-order valence-corrected chi connectivity index (χ0v) is 24.5. The molecule has 32 heavy (non-hydrogen) atoms. The molecule has 0 N–H and O–H groups in total. The van der Waals surface area contributed by atoms with Crippen molar-refractivity contribution in [1.29, 1.82) is 0 Å². The second-order valence-electron chi connectivity index (χ2n) is 10.6. The van der Waals surface area contributed by atoms with Crippen LogP contribution in [0.25, 0.3) is 0 Å². The van der Waals surface area contributed by atoms with Gasteiger partial charge in [-0.15, -0.1) is 0 Å². The van der Waals surface area contributed by atoms with Crippen molar-refractivity contribution >= 4 is 22.6 Å². The lowest BCUT2D eigenvalue weighted by Crippen LogP contribution is -2.34. The van der Waals surface area contributed by atoms with Crippen LogP contribution in [0.5, 0.6) is 0 Å². The maximum Gasteiger partial charge on any atom is 0.313 e. The first-order valence-corrected chi connectivity index (χ1v) is 18.7. The van der Waals surface area contributed by atoms with Crippen LogP contribution in [0.2, 0.25) is 39.3 Å². The van der Waals surface area contributed by atoms with E-state index in [0.717, 1.165) is 24.8 Å². The largest absolute Gasteiger partial charge is 0.514 e. The van der Waals surface area contributed by atoms with E-state index in [9.17, 15) is 4.79 Å². The summed E-state index contributed by atoms with van der Waals surface area (Å²) in [7, 11) is -2.32. The molecule has 186 valence electrons. The molecule has 0 heterocycles. The van der Waals surface area contributed by atoms with Crippen molar-refractivity contribution in [1.82, 2.24) is 0 Å². The van der Waals surface area contributed by atoms with Gasteiger partial charge in [0.2, 0.25) is 8.32 Å². The molecule has 0 aliphatic rings. The molecule has 5 nitrogen and oxygen atoms in total. The molecule has 0 aromatic carbocycles. The van der Waals surface area contributed by atoms with Crippen molar-refractivity contribution in [2.24, 2.45) is 5.92 Å². The number of esters is 1. The van der Waals surface area contributed by atoms with Gasteiger partial charge in [0.15, 0.2) is 8.32 Å². The van der Waals surface area contributed by atoms with Gasteiger partial charge >= 0.3 is 11.9 Å². The summed E-state index contributed by atoms with van der Waals surface area (Å²) in [5.74, 6) is 0.639. The van der Waals surface area contributed by atoms with Crippen LogP contribution < -0.4 is 0 Å². The predicted octanol–water partition coefficient (Wildman–Crippen LogP) is 7.19. The van der Waals surface area contributed by atoms with Crippen molar-refractivity contribution in [2.45, 2.75) is 105 Å². The Morgan fingerprint density at radius 3 is 2.12 bits per heavy atom. The van der Waals surface area contributed by atoms with E-state index in [1.165, 1.54) is 12.7 Å². The number of carbonyl (C=O) groups excluding carboxylic acids is 1. The fourth-order valence-corrected chi connectivity index (χ4v) is 4.86. The van der Waals surface area contributed by atoms with Gasteiger partial charge in [0.1, 0.15) is 0 Å². The highest BCUT2D eigenvalue weighted by Gasteiger charge is 2.27. The summed E-state index contributed by atoms with van der Waals surface area (Å²) in [6, 6.07) is 0. The van der Waals surface area contributed by atoms with E-state index in [-0.39, 0.29) is 18.5 Å². The van der Waals surface area contributed by atoms with Gasteiger partial charge in [-0.25, -0.2) is 0 Å². The smallest absolute Gasteiger partial charge is 0.313 e. The minimum atomic E-state index is -1.89. The Kier molecular flexibility index (Phi) is 14.2. The third-order valence-electron chi connectivity index (χ3n) is 4.48. The molecule has 0 fully saturated rings. The molecule has 0 aromatic heterocycles. The Morgan fingerprint density at radius 1 is 1.03 bits per heavy atom. The van der Waals surface area contributed by atoms with Crippen molar-refractivity contribution in [2.75, 3.05) is 13.7 Å². The molecule has 7 heteroatoms. The standard InChI is InChI=1S/C25H48O5Si2/c1-12-28-25(30-32(9,10)11)19-22(16-17-24(26)27-5)23(29-31(6,7)8)18-21(4)15-13-14-20(2)3/h14,21,23H,12-13,15-18H2,1-11H3/t19?,21-,23-/m1/s1. The van der Waals surface area contributed by atoms with Crippen LogP contribution in [0.4, 0.5) is 0 Å². The molecule has 0 radical (unpaired) electrons. The van der Waals surface area contributed by atoms with Gasteiger partial charge in [-0.3, -0.25) is 4.79 Å². The number of ether oxygens (including phenoxy) is 2. The Morgan fingerprint density at radius 2 is 1.66 bits per heavy atom. The molecule has 0 bridgehead atoms. The summed E-state index contributed by atoms with van der Waals surface area (Å²) in [5, 5.41) is 0. The van der Waals surface area contributed by atoms with Crippen LogP contribution in [-0.4, -0.2) is 42.4 Å². The molecule has 0 rings (SSSR count). The Balaban J connectivity index is 6.14. The fourth-order valence-electron chi connectivity index (χ4n) is 3.10. The van der Waals surface area contributed by atoms with Gasteiger partial charge in [0.05, 0.1) is 19.8 Å². The number of rotatable bonds is 15. The van der Waals surface area contributed by atoms with Crippen molar-refractivity contribution in [3.05, 3.63) is 28.9 Å². The lowest BCUT2D eigenvalue weighted by molar-refractivity contribution is -0.140. The molecular weight excluding hydrogens is 436 g/mol. The van der Waals surface area contributed by atoms with Crippen LogP contribution in [0.3, 0.4) is 0 Å². The molecule has 0 spiro atoms. The normalized spacial score (nSPS) is 13.5. The first-order chi connectivity index (χ1) is 14.7. The summed E-state index contributed by atoms with van der Waals surface area (Å²) in [6.07, 6.45) is 5.97. The van der Waals surface area contributed by atoms with E-state index >= 15 is 0 Å². The van der Waals surface area contributed by atoms with Crippen molar-refractivity contribution in [3.8, 4) is 0 Å². The zero-order chi connectivity index (χ0) is 24.9. The van der Waals surface area contributed by atoms with Gasteiger partial charge in [0.25, 0.3) is 0 Å². The van der Waals surface area contributed by atoms with E-state index < -0.39 is 16.6 Å². The third-order valence-corrected chi connectivity index (χ3v) is 6.27. The molecule has 0 saturated heterocycles. The first-order valence-electron chi connectivity index (χ1n) is 11.9. The monoisotopic (exact) mass is 484 g/mol. The highest BCUT2D eigenvalue weighted by molar-refractivity contribution is 6.70. The Bertz CT molecular complexity index is 661. The minimum Gasteiger partial charge on any atom is -0.514 e. The SMILES string of the molecule is CCOC(=C=C(CCC(=O)OC)[C@@H](C[C@H](C)CCC=C(C)C)O[Si](C)(C)C)O[Si](C)(C)C. The number of carbonyl (C=O) groups is 1. The zero-order valence-electron chi connectivity index (χ0n) is 22.5. The Hall–Kier alpha value is -1.28. The molecular formula is C25H48O5Si2. The summed E-state index contributed by atoms with van der Waals surface area (Å²) in [5.41, 5.74) is 5.67. The van der Waals surface area contributed by atoms with Gasteiger partial charge < -0.3 is 18.3 Å². The molecule has 0 aliphatic heterocycles. The van der Waals surface area contributed by atoms with E-state index in [1.54, 1.807) is 0 Å². The van der Waals surface area contributed by atoms with Gasteiger partial charge in [-0.05, 0) is 97.4 Å². The lowest BCUT2D eigenvalue weighted by atomic mass is 9.92. The van der Waals surface area contributed by atoms with Gasteiger partial charge in [0, 0.05) is 12.0 Å². The molecule has 2 atom stereocenters. The molecule has 0 aromatic rings. The Labute approximate surface area is 199 Å². The van der Waals surface area contributed by atoms with Crippen molar-refractivity contribution < 1.29 is 23.1 Å². The van der Waals surface area contributed by atoms with Crippen molar-refractivity contribution in [3.63, 3.8) is 0 Å². The molecule has 0 aliphatic carbocycles. The fraction of sp³-hybridized carbons (Fsp3) is 0.760.